The zero-order valence-corrected chi connectivity index (χ0v) is 11.1. The van der Waals surface area contributed by atoms with Crippen LogP contribution in [-0.4, -0.2) is 61.8 Å². The summed E-state index contributed by atoms with van der Waals surface area (Å²) in [6, 6.07) is 0. The Labute approximate surface area is 116 Å². The number of rotatable bonds is 9. The van der Waals surface area contributed by atoms with Crippen molar-refractivity contribution in [3.8, 4) is 0 Å². The van der Waals surface area contributed by atoms with Gasteiger partial charge >= 0.3 is 5.97 Å². The lowest BCUT2D eigenvalue weighted by molar-refractivity contribution is -0.166. The van der Waals surface area contributed by atoms with Crippen molar-refractivity contribution >= 4 is 11.9 Å². The maximum absolute atomic E-state index is 11.4. The highest BCUT2D eigenvalue weighted by atomic mass is 16.4. The van der Waals surface area contributed by atoms with Crippen LogP contribution in [0.4, 0.5) is 0 Å². The number of nitrogens with one attached hydrogen (secondary N) is 1. The fraction of sp³-hybridized carbons (Fsp3) is 0.667. The molecule has 0 spiro atoms. The zero-order valence-electron chi connectivity index (χ0n) is 11.1. The molecular formula is C12H21NO7. The third-order valence-electron chi connectivity index (χ3n) is 2.59. The number of carboxylic acids is 1. The van der Waals surface area contributed by atoms with Gasteiger partial charge < -0.3 is 30.8 Å². The number of hydrogen-bond acceptors (Lipinski definition) is 6. The molecule has 116 valence electrons. The minimum absolute atomic E-state index is 0.732. The number of unbranched alkanes of at least 4 members (excludes halogenated alkanes) is 2. The molecule has 4 atom stereocenters. The predicted octanol–water partition coefficient (Wildman–Crippen LogP) is -1.67. The Kier molecular flexibility index (Phi) is 8.73. The van der Waals surface area contributed by atoms with Crippen molar-refractivity contribution in [1.82, 2.24) is 5.32 Å². The van der Waals surface area contributed by atoms with Gasteiger partial charge in [0.05, 0.1) is 0 Å². The number of carbonyl (C=O) groups is 2. The maximum atomic E-state index is 11.4. The molecule has 0 aliphatic rings. The van der Waals surface area contributed by atoms with Crippen LogP contribution in [0.2, 0.25) is 0 Å². The summed E-state index contributed by atoms with van der Waals surface area (Å²) >= 11 is 0. The normalized spacial score (nSPS) is 17.4. The van der Waals surface area contributed by atoms with Crippen LogP contribution < -0.4 is 5.32 Å². The second kappa shape index (κ2) is 9.43. The molecule has 0 aliphatic carbocycles. The SMILES string of the molecule is CCCCC=CNC(=O)C(O)C(O)C(O)C(O)C(=O)O. The Morgan fingerprint density at radius 2 is 1.65 bits per heavy atom. The van der Waals surface area contributed by atoms with Crippen LogP contribution in [0, 0.1) is 0 Å². The standard InChI is InChI=1S/C12H21NO7/c1-2-3-4-5-6-13-11(18)9(16)7(14)8(15)10(17)12(19)20/h5-10,14-17H,2-4H2,1H3,(H,13,18)(H,19,20). The first-order chi connectivity index (χ1) is 9.32. The number of aliphatic carboxylic acids is 1. The first-order valence-corrected chi connectivity index (χ1v) is 6.23. The van der Waals surface area contributed by atoms with Crippen LogP contribution in [0.25, 0.3) is 0 Å². The van der Waals surface area contributed by atoms with Gasteiger partial charge in [-0.15, -0.1) is 0 Å². The van der Waals surface area contributed by atoms with E-state index >= 15 is 0 Å². The lowest BCUT2D eigenvalue weighted by Gasteiger charge is -2.23. The predicted molar refractivity (Wildman–Crippen MR) is 68.5 cm³/mol. The van der Waals surface area contributed by atoms with Crippen molar-refractivity contribution < 1.29 is 35.1 Å². The minimum atomic E-state index is -2.30. The van der Waals surface area contributed by atoms with Gasteiger partial charge in [0, 0.05) is 0 Å². The van der Waals surface area contributed by atoms with Gasteiger partial charge in [-0.25, -0.2) is 4.79 Å². The maximum Gasteiger partial charge on any atom is 0.335 e. The van der Waals surface area contributed by atoms with Crippen molar-refractivity contribution in [2.24, 2.45) is 0 Å². The van der Waals surface area contributed by atoms with E-state index in [1.165, 1.54) is 6.20 Å². The van der Waals surface area contributed by atoms with Crippen molar-refractivity contribution in [1.29, 1.82) is 0 Å². The number of hydrogen-bond donors (Lipinski definition) is 6. The largest absolute Gasteiger partial charge is 0.479 e. The summed E-state index contributed by atoms with van der Waals surface area (Å²) in [5.74, 6) is -2.79. The molecular weight excluding hydrogens is 270 g/mol. The second-order valence-corrected chi connectivity index (χ2v) is 4.26. The van der Waals surface area contributed by atoms with Crippen LogP contribution in [-0.2, 0) is 9.59 Å². The Morgan fingerprint density at radius 3 is 2.15 bits per heavy atom. The van der Waals surface area contributed by atoms with Crippen LogP contribution in [0.3, 0.4) is 0 Å². The summed E-state index contributed by atoms with van der Waals surface area (Å²) < 4.78 is 0. The molecule has 0 aliphatic heterocycles. The molecule has 0 aromatic heterocycles. The average Bonchev–Trinajstić information content (AvgIpc) is 2.43. The van der Waals surface area contributed by atoms with Gasteiger partial charge in [0.1, 0.15) is 12.2 Å². The van der Waals surface area contributed by atoms with Gasteiger partial charge in [-0.05, 0) is 12.6 Å². The molecule has 0 saturated heterocycles. The zero-order chi connectivity index (χ0) is 15.7. The third kappa shape index (κ3) is 6.11. The fourth-order valence-electron chi connectivity index (χ4n) is 1.31. The van der Waals surface area contributed by atoms with Crippen molar-refractivity contribution in [2.45, 2.75) is 50.6 Å². The van der Waals surface area contributed by atoms with Crippen molar-refractivity contribution in [3.63, 3.8) is 0 Å². The van der Waals surface area contributed by atoms with Crippen LogP contribution >= 0.6 is 0 Å². The van der Waals surface area contributed by atoms with Crippen LogP contribution in [0.1, 0.15) is 26.2 Å². The number of carboxylic acid groups (broad SMARTS) is 1. The monoisotopic (exact) mass is 291 g/mol. The number of carbonyl (C=O) groups excluding carboxylic acids is 1. The molecule has 0 fully saturated rings. The Bertz CT molecular complexity index is 345. The molecule has 8 heteroatoms. The van der Waals surface area contributed by atoms with E-state index in [-0.39, 0.29) is 0 Å². The lowest BCUT2D eigenvalue weighted by Crippen LogP contribution is -2.52. The quantitative estimate of drug-likeness (QED) is 0.278. The van der Waals surface area contributed by atoms with Crippen molar-refractivity contribution in [3.05, 3.63) is 12.3 Å². The van der Waals surface area contributed by atoms with E-state index in [2.05, 4.69) is 5.32 Å². The molecule has 8 nitrogen and oxygen atoms in total. The molecule has 0 aromatic rings. The van der Waals surface area contributed by atoms with E-state index in [0.29, 0.717) is 0 Å². The average molecular weight is 291 g/mol. The van der Waals surface area contributed by atoms with Gasteiger partial charge in [-0.2, -0.15) is 0 Å². The molecule has 0 saturated carbocycles. The lowest BCUT2D eigenvalue weighted by atomic mass is 10.0. The number of allylic oxidation sites excluding steroid dienone is 1. The highest BCUT2D eigenvalue weighted by Gasteiger charge is 2.37. The van der Waals surface area contributed by atoms with E-state index in [0.717, 1.165) is 19.3 Å². The smallest absolute Gasteiger partial charge is 0.335 e. The minimum Gasteiger partial charge on any atom is -0.479 e. The molecule has 0 radical (unpaired) electrons. The summed E-state index contributed by atoms with van der Waals surface area (Å²) in [5.41, 5.74) is 0. The van der Waals surface area contributed by atoms with Gasteiger partial charge in [-0.3, -0.25) is 4.79 Å². The first-order valence-electron chi connectivity index (χ1n) is 6.23. The Balaban J connectivity index is 4.35. The van der Waals surface area contributed by atoms with Crippen LogP contribution in [0.5, 0.6) is 0 Å². The molecule has 20 heavy (non-hydrogen) atoms. The number of amides is 1. The summed E-state index contributed by atoms with van der Waals surface area (Å²) in [6.45, 7) is 2.00. The fourth-order valence-corrected chi connectivity index (χ4v) is 1.31. The van der Waals surface area contributed by atoms with E-state index in [1.54, 1.807) is 6.08 Å². The van der Waals surface area contributed by atoms with E-state index < -0.39 is 36.3 Å². The molecule has 0 rings (SSSR count). The molecule has 0 aromatic carbocycles. The summed E-state index contributed by atoms with van der Waals surface area (Å²) in [4.78, 5) is 21.8. The number of aliphatic hydroxyl groups is 4. The van der Waals surface area contributed by atoms with E-state index in [1.807, 2.05) is 6.92 Å². The molecule has 0 heterocycles. The highest BCUT2D eigenvalue weighted by molar-refractivity contribution is 5.82. The van der Waals surface area contributed by atoms with Gasteiger partial charge in [0.15, 0.2) is 12.2 Å². The van der Waals surface area contributed by atoms with Crippen LogP contribution in [0.15, 0.2) is 12.3 Å². The molecule has 6 N–H and O–H groups in total. The Hall–Kier alpha value is -1.48. The van der Waals surface area contributed by atoms with E-state index in [9.17, 15) is 24.9 Å². The molecule has 0 bridgehead atoms. The highest BCUT2D eigenvalue weighted by Crippen LogP contribution is 2.06. The molecule has 1 amide bonds. The first kappa shape index (κ1) is 18.5. The Morgan fingerprint density at radius 1 is 1.10 bits per heavy atom. The van der Waals surface area contributed by atoms with Crippen molar-refractivity contribution in [2.75, 3.05) is 0 Å². The second-order valence-electron chi connectivity index (χ2n) is 4.26. The number of aliphatic hydroxyl groups excluding tert-OH is 4. The third-order valence-corrected chi connectivity index (χ3v) is 2.59. The van der Waals surface area contributed by atoms with Gasteiger partial charge in [-0.1, -0.05) is 25.8 Å². The summed E-state index contributed by atoms with van der Waals surface area (Å²) in [6.07, 6.45) is -3.07. The summed E-state index contributed by atoms with van der Waals surface area (Å²) in [7, 11) is 0. The van der Waals surface area contributed by atoms with Gasteiger partial charge in [0.2, 0.25) is 0 Å². The van der Waals surface area contributed by atoms with E-state index in [4.69, 9.17) is 10.2 Å². The summed E-state index contributed by atoms with van der Waals surface area (Å²) in [5, 5.41) is 47.7. The molecule has 4 unspecified atom stereocenters. The topological polar surface area (TPSA) is 147 Å². The van der Waals surface area contributed by atoms with Gasteiger partial charge in [0.25, 0.3) is 5.91 Å².